The van der Waals surface area contributed by atoms with Gasteiger partial charge in [-0.15, -0.1) is 0 Å². The second-order valence-electron chi connectivity index (χ2n) is 3.09. The van der Waals surface area contributed by atoms with Gasteiger partial charge >= 0.3 is 6.18 Å². The molecule has 0 aliphatic carbocycles. The lowest BCUT2D eigenvalue weighted by Gasteiger charge is -2.14. The first-order valence-electron chi connectivity index (χ1n) is 4.27. The number of ether oxygens (including phenoxy) is 1. The Morgan fingerprint density at radius 2 is 1.94 bits per heavy atom. The quantitative estimate of drug-likeness (QED) is 0.800. The van der Waals surface area contributed by atoms with Crippen LogP contribution in [-0.2, 0) is 6.18 Å². The molecular formula is C10H9F3O3. The van der Waals surface area contributed by atoms with Gasteiger partial charge in [0.1, 0.15) is 0 Å². The van der Waals surface area contributed by atoms with Gasteiger partial charge in [0.05, 0.1) is 18.2 Å². The molecule has 0 saturated carbocycles. The Kier molecular flexibility index (Phi) is 3.11. The summed E-state index contributed by atoms with van der Waals surface area (Å²) in [6.07, 6.45) is -4.69. The Balaban J connectivity index is 3.53. The van der Waals surface area contributed by atoms with E-state index >= 15 is 0 Å². The van der Waals surface area contributed by atoms with Crippen LogP contribution in [0.3, 0.4) is 0 Å². The zero-order valence-corrected chi connectivity index (χ0v) is 8.55. The van der Waals surface area contributed by atoms with Crippen molar-refractivity contribution in [2.75, 3.05) is 7.11 Å². The van der Waals surface area contributed by atoms with Crippen LogP contribution in [0.25, 0.3) is 0 Å². The van der Waals surface area contributed by atoms with Crippen molar-refractivity contribution in [3.63, 3.8) is 0 Å². The first-order chi connectivity index (χ1) is 7.29. The predicted octanol–water partition coefficient (Wildman–Crippen LogP) is 2.62. The zero-order chi connectivity index (χ0) is 12.5. The number of phenols is 1. The number of benzene rings is 1. The van der Waals surface area contributed by atoms with E-state index in [1.807, 2.05) is 0 Å². The summed E-state index contributed by atoms with van der Waals surface area (Å²) < 4.78 is 42.2. The average molecular weight is 234 g/mol. The van der Waals surface area contributed by atoms with Crippen LogP contribution in [-0.4, -0.2) is 18.0 Å². The van der Waals surface area contributed by atoms with Crippen molar-refractivity contribution < 1.29 is 27.8 Å². The van der Waals surface area contributed by atoms with Crippen LogP contribution < -0.4 is 4.74 Å². The molecule has 1 N–H and O–H groups in total. The van der Waals surface area contributed by atoms with Crippen molar-refractivity contribution >= 4 is 5.78 Å². The number of ketones is 1. The number of rotatable bonds is 2. The highest BCUT2D eigenvalue weighted by atomic mass is 19.4. The SMILES string of the molecule is COc1ccc(C(F)(F)F)c(C(C)=O)c1O. The van der Waals surface area contributed by atoms with E-state index in [9.17, 15) is 23.1 Å². The molecule has 6 heteroatoms. The summed E-state index contributed by atoms with van der Waals surface area (Å²) >= 11 is 0. The molecule has 0 aliphatic heterocycles. The fourth-order valence-electron chi connectivity index (χ4n) is 1.33. The van der Waals surface area contributed by atoms with Crippen molar-refractivity contribution in [1.29, 1.82) is 0 Å². The summed E-state index contributed by atoms with van der Waals surface area (Å²) in [6, 6.07) is 1.67. The van der Waals surface area contributed by atoms with E-state index < -0.39 is 28.8 Å². The van der Waals surface area contributed by atoms with Crippen LogP contribution in [0.2, 0.25) is 0 Å². The number of halogens is 3. The molecule has 0 atom stereocenters. The smallest absolute Gasteiger partial charge is 0.417 e. The van der Waals surface area contributed by atoms with Gasteiger partial charge in [-0.2, -0.15) is 13.2 Å². The van der Waals surface area contributed by atoms with E-state index in [-0.39, 0.29) is 5.75 Å². The van der Waals surface area contributed by atoms with Gasteiger partial charge in [-0.3, -0.25) is 4.79 Å². The number of Topliss-reactive ketones (excluding diaryl/α,β-unsaturated/α-hetero) is 1. The standard InChI is InChI=1S/C10H9F3O3/c1-5(14)8-6(10(11,12)13)3-4-7(16-2)9(8)15/h3-4,15H,1-2H3. The summed E-state index contributed by atoms with van der Waals surface area (Å²) in [5, 5.41) is 9.46. The molecule has 1 aromatic carbocycles. The van der Waals surface area contributed by atoms with Crippen LogP contribution in [0.5, 0.6) is 11.5 Å². The predicted molar refractivity (Wildman–Crippen MR) is 49.7 cm³/mol. The summed E-state index contributed by atoms with van der Waals surface area (Å²) in [4.78, 5) is 11.1. The first kappa shape index (κ1) is 12.4. The third kappa shape index (κ3) is 2.10. The lowest BCUT2D eigenvalue weighted by atomic mass is 10.0. The number of hydrogen-bond donors (Lipinski definition) is 1. The molecule has 0 heterocycles. The maximum atomic E-state index is 12.5. The molecule has 0 spiro atoms. The van der Waals surface area contributed by atoms with Crippen molar-refractivity contribution in [1.82, 2.24) is 0 Å². The van der Waals surface area contributed by atoms with E-state index in [2.05, 4.69) is 4.74 Å². The zero-order valence-electron chi connectivity index (χ0n) is 8.55. The Morgan fingerprint density at radius 3 is 2.31 bits per heavy atom. The van der Waals surface area contributed by atoms with Crippen LogP contribution in [0.4, 0.5) is 13.2 Å². The van der Waals surface area contributed by atoms with E-state index in [1.54, 1.807) is 0 Å². The minimum Gasteiger partial charge on any atom is -0.504 e. The van der Waals surface area contributed by atoms with Gasteiger partial charge in [0.25, 0.3) is 0 Å². The Labute approximate surface area is 89.5 Å². The molecular weight excluding hydrogens is 225 g/mol. The van der Waals surface area contributed by atoms with Crippen molar-refractivity contribution in [2.45, 2.75) is 13.1 Å². The number of carbonyl (C=O) groups excluding carboxylic acids is 1. The topological polar surface area (TPSA) is 46.5 Å². The van der Waals surface area contributed by atoms with Gasteiger partial charge in [-0.25, -0.2) is 0 Å². The average Bonchev–Trinajstić information content (AvgIpc) is 2.15. The molecule has 0 aromatic heterocycles. The minimum absolute atomic E-state index is 0.168. The normalized spacial score (nSPS) is 11.3. The lowest BCUT2D eigenvalue weighted by Crippen LogP contribution is -2.12. The van der Waals surface area contributed by atoms with Crippen molar-refractivity contribution in [3.05, 3.63) is 23.3 Å². The lowest BCUT2D eigenvalue weighted by molar-refractivity contribution is -0.138. The molecule has 0 unspecified atom stereocenters. The van der Waals surface area contributed by atoms with Gasteiger partial charge in [0.15, 0.2) is 17.3 Å². The van der Waals surface area contributed by atoms with Gasteiger partial charge in [0, 0.05) is 0 Å². The summed E-state index contributed by atoms with van der Waals surface area (Å²) in [5.74, 6) is -1.83. The van der Waals surface area contributed by atoms with E-state index in [1.165, 1.54) is 7.11 Å². The molecule has 0 radical (unpaired) electrons. The Morgan fingerprint density at radius 1 is 1.38 bits per heavy atom. The fourth-order valence-corrected chi connectivity index (χ4v) is 1.33. The van der Waals surface area contributed by atoms with E-state index in [4.69, 9.17) is 0 Å². The van der Waals surface area contributed by atoms with Gasteiger partial charge in [0.2, 0.25) is 0 Å². The minimum atomic E-state index is -4.69. The highest BCUT2D eigenvalue weighted by molar-refractivity contribution is 5.99. The van der Waals surface area contributed by atoms with Crippen molar-refractivity contribution in [2.24, 2.45) is 0 Å². The number of hydrogen-bond acceptors (Lipinski definition) is 3. The van der Waals surface area contributed by atoms with Crippen LogP contribution in [0.1, 0.15) is 22.8 Å². The van der Waals surface area contributed by atoms with Crippen molar-refractivity contribution in [3.8, 4) is 11.5 Å². The number of methoxy groups -OCH3 is 1. The second-order valence-corrected chi connectivity index (χ2v) is 3.09. The fraction of sp³-hybridized carbons (Fsp3) is 0.300. The number of aromatic hydroxyl groups is 1. The Hall–Kier alpha value is -1.72. The number of carbonyl (C=O) groups is 1. The Bertz CT molecular complexity index is 424. The van der Waals surface area contributed by atoms with Gasteiger partial charge in [-0.05, 0) is 19.1 Å². The highest BCUT2D eigenvalue weighted by Crippen LogP contribution is 2.40. The van der Waals surface area contributed by atoms with Crippen LogP contribution in [0.15, 0.2) is 12.1 Å². The molecule has 0 saturated heterocycles. The molecule has 1 aromatic rings. The molecule has 0 bridgehead atoms. The second kappa shape index (κ2) is 4.03. The largest absolute Gasteiger partial charge is 0.504 e. The highest BCUT2D eigenvalue weighted by Gasteiger charge is 2.36. The maximum absolute atomic E-state index is 12.5. The van der Waals surface area contributed by atoms with Crippen LogP contribution in [0, 0.1) is 0 Å². The third-order valence-corrected chi connectivity index (χ3v) is 2.02. The first-order valence-corrected chi connectivity index (χ1v) is 4.27. The summed E-state index contributed by atoms with van der Waals surface area (Å²) in [6.45, 7) is 0.948. The molecule has 3 nitrogen and oxygen atoms in total. The third-order valence-electron chi connectivity index (χ3n) is 2.02. The van der Waals surface area contributed by atoms with Gasteiger partial charge in [-0.1, -0.05) is 0 Å². The number of phenolic OH excluding ortho intramolecular Hbond substituents is 1. The molecule has 88 valence electrons. The van der Waals surface area contributed by atoms with E-state index in [0.29, 0.717) is 6.07 Å². The molecule has 0 amide bonds. The number of alkyl halides is 3. The monoisotopic (exact) mass is 234 g/mol. The maximum Gasteiger partial charge on any atom is 0.417 e. The summed E-state index contributed by atoms with van der Waals surface area (Å²) in [7, 11) is 1.19. The molecule has 0 aliphatic rings. The molecule has 0 fully saturated rings. The molecule has 16 heavy (non-hydrogen) atoms. The van der Waals surface area contributed by atoms with Gasteiger partial charge < -0.3 is 9.84 Å². The molecule has 1 rings (SSSR count). The van der Waals surface area contributed by atoms with E-state index in [0.717, 1.165) is 13.0 Å². The van der Waals surface area contributed by atoms with Crippen LogP contribution >= 0.6 is 0 Å². The summed E-state index contributed by atoms with van der Waals surface area (Å²) in [5.41, 5.74) is -1.94.